The predicted molar refractivity (Wildman–Crippen MR) is 55.4 cm³/mol. The van der Waals surface area contributed by atoms with E-state index in [0.717, 1.165) is 37.5 Å². The molecule has 1 aromatic rings. The molecule has 0 aromatic carbocycles. The molecule has 78 valence electrons. The summed E-state index contributed by atoms with van der Waals surface area (Å²) >= 11 is 1.67. The molecule has 3 nitrogen and oxygen atoms in total. The van der Waals surface area contributed by atoms with Crippen LogP contribution in [0.2, 0.25) is 0 Å². The molecule has 1 N–H and O–H groups in total. The van der Waals surface area contributed by atoms with Crippen molar-refractivity contribution in [3.8, 4) is 0 Å². The van der Waals surface area contributed by atoms with Gasteiger partial charge in [-0.15, -0.1) is 11.3 Å². The molecule has 0 unspecified atom stereocenters. The maximum atomic E-state index is 9.46. The number of thiazole rings is 1. The van der Waals surface area contributed by atoms with Gasteiger partial charge in [0.2, 0.25) is 0 Å². The SMILES string of the molecule is OCC1(Cc2nccs2)CCOCC1. The molecule has 1 aliphatic heterocycles. The van der Waals surface area contributed by atoms with Crippen molar-refractivity contribution in [1.29, 1.82) is 0 Å². The summed E-state index contributed by atoms with van der Waals surface area (Å²) in [5, 5.41) is 12.6. The van der Waals surface area contributed by atoms with E-state index in [-0.39, 0.29) is 12.0 Å². The minimum atomic E-state index is 0.0239. The van der Waals surface area contributed by atoms with Crippen LogP contribution in [-0.4, -0.2) is 29.9 Å². The molecule has 2 heterocycles. The van der Waals surface area contributed by atoms with Crippen LogP contribution < -0.4 is 0 Å². The second-order valence-electron chi connectivity index (χ2n) is 3.87. The highest BCUT2D eigenvalue weighted by atomic mass is 32.1. The minimum absolute atomic E-state index is 0.0239. The van der Waals surface area contributed by atoms with Gasteiger partial charge in [-0.05, 0) is 12.8 Å². The summed E-state index contributed by atoms with van der Waals surface area (Å²) in [7, 11) is 0. The van der Waals surface area contributed by atoms with E-state index in [4.69, 9.17) is 4.74 Å². The van der Waals surface area contributed by atoms with Crippen LogP contribution in [0, 0.1) is 5.41 Å². The molecular formula is C10H15NO2S. The molecule has 1 aromatic heterocycles. The molecule has 2 rings (SSSR count). The Labute approximate surface area is 87.7 Å². The summed E-state index contributed by atoms with van der Waals surface area (Å²) in [6.07, 6.45) is 4.61. The fourth-order valence-corrected chi connectivity index (χ4v) is 2.65. The topological polar surface area (TPSA) is 42.4 Å². The van der Waals surface area contributed by atoms with Crippen molar-refractivity contribution in [2.24, 2.45) is 5.41 Å². The van der Waals surface area contributed by atoms with Gasteiger partial charge in [0.05, 0.1) is 5.01 Å². The number of rotatable bonds is 3. The van der Waals surface area contributed by atoms with E-state index in [1.165, 1.54) is 0 Å². The van der Waals surface area contributed by atoms with Gasteiger partial charge in [0.15, 0.2) is 0 Å². The quantitative estimate of drug-likeness (QED) is 0.827. The van der Waals surface area contributed by atoms with Gasteiger partial charge in [0, 0.05) is 43.2 Å². The summed E-state index contributed by atoms with van der Waals surface area (Å²) in [5.74, 6) is 0. The first-order valence-corrected chi connectivity index (χ1v) is 5.80. The van der Waals surface area contributed by atoms with Crippen LogP contribution in [0.25, 0.3) is 0 Å². The number of aliphatic hydroxyl groups excluding tert-OH is 1. The Hall–Kier alpha value is -0.450. The zero-order valence-corrected chi connectivity index (χ0v) is 8.92. The zero-order valence-electron chi connectivity index (χ0n) is 8.11. The van der Waals surface area contributed by atoms with E-state index in [2.05, 4.69) is 4.98 Å². The van der Waals surface area contributed by atoms with Crippen molar-refractivity contribution in [3.63, 3.8) is 0 Å². The van der Waals surface area contributed by atoms with Gasteiger partial charge in [-0.1, -0.05) is 0 Å². The monoisotopic (exact) mass is 213 g/mol. The van der Waals surface area contributed by atoms with Gasteiger partial charge in [0.25, 0.3) is 0 Å². The summed E-state index contributed by atoms with van der Waals surface area (Å²) in [6.45, 7) is 1.79. The highest BCUT2D eigenvalue weighted by Crippen LogP contribution is 2.34. The Kier molecular flexibility index (Phi) is 3.15. The molecule has 0 saturated carbocycles. The van der Waals surface area contributed by atoms with Crippen LogP contribution in [0.15, 0.2) is 11.6 Å². The average Bonchev–Trinajstić information content (AvgIpc) is 2.72. The summed E-state index contributed by atoms with van der Waals surface area (Å²) < 4.78 is 5.32. The molecule has 0 atom stereocenters. The molecule has 1 saturated heterocycles. The third-order valence-corrected chi connectivity index (χ3v) is 3.68. The predicted octanol–water partition coefficient (Wildman–Crippen LogP) is 1.47. The number of ether oxygens (including phenoxy) is 1. The Morgan fingerprint density at radius 2 is 2.29 bits per heavy atom. The average molecular weight is 213 g/mol. The lowest BCUT2D eigenvalue weighted by Gasteiger charge is -2.34. The Bertz CT molecular complexity index is 268. The van der Waals surface area contributed by atoms with Crippen molar-refractivity contribution >= 4 is 11.3 Å². The van der Waals surface area contributed by atoms with E-state index < -0.39 is 0 Å². The van der Waals surface area contributed by atoms with Crippen molar-refractivity contribution in [2.75, 3.05) is 19.8 Å². The minimum Gasteiger partial charge on any atom is -0.396 e. The van der Waals surface area contributed by atoms with Gasteiger partial charge in [-0.25, -0.2) is 4.98 Å². The maximum absolute atomic E-state index is 9.46. The molecule has 1 fully saturated rings. The van der Waals surface area contributed by atoms with Gasteiger partial charge >= 0.3 is 0 Å². The van der Waals surface area contributed by atoms with Crippen LogP contribution in [-0.2, 0) is 11.2 Å². The standard InChI is InChI=1S/C10H15NO2S/c12-8-10(1-4-13-5-2-10)7-9-11-3-6-14-9/h3,6,12H,1-2,4-5,7-8H2. The molecule has 0 spiro atoms. The zero-order chi connectivity index (χ0) is 9.86. The maximum Gasteiger partial charge on any atom is 0.0931 e. The third-order valence-electron chi connectivity index (χ3n) is 2.90. The second kappa shape index (κ2) is 4.38. The van der Waals surface area contributed by atoms with Crippen molar-refractivity contribution in [3.05, 3.63) is 16.6 Å². The van der Waals surface area contributed by atoms with Crippen LogP contribution in [0.3, 0.4) is 0 Å². The Morgan fingerprint density at radius 3 is 2.86 bits per heavy atom. The fraction of sp³-hybridized carbons (Fsp3) is 0.700. The van der Waals surface area contributed by atoms with Gasteiger partial charge in [-0.3, -0.25) is 0 Å². The number of nitrogens with zero attached hydrogens (tertiary/aromatic N) is 1. The van der Waals surface area contributed by atoms with Gasteiger partial charge in [-0.2, -0.15) is 0 Å². The molecular weight excluding hydrogens is 198 g/mol. The Balaban J connectivity index is 2.04. The summed E-state index contributed by atoms with van der Waals surface area (Å²) in [5.41, 5.74) is 0.0239. The molecule has 0 amide bonds. The third kappa shape index (κ3) is 2.13. The van der Waals surface area contributed by atoms with E-state index in [1.54, 1.807) is 11.3 Å². The van der Waals surface area contributed by atoms with E-state index in [0.29, 0.717) is 0 Å². The lowest BCUT2D eigenvalue weighted by atomic mass is 9.78. The number of aliphatic hydroxyl groups is 1. The van der Waals surface area contributed by atoms with Crippen molar-refractivity contribution in [1.82, 2.24) is 4.98 Å². The fourth-order valence-electron chi connectivity index (χ4n) is 1.86. The smallest absolute Gasteiger partial charge is 0.0931 e. The van der Waals surface area contributed by atoms with Crippen molar-refractivity contribution < 1.29 is 9.84 Å². The lowest BCUT2D eigenvalue weighted by Crippen LogP contribution is -2.35. The van der Waals surface area contributed by atoms with Crippen LogP contribution >= 0.6 is 11.3 Å². The van der Waals surface area contributed by atoms with E-state index in [9.17, 15) is 5.11 Å². The van der Waals surface area contributed by atoms with Crippen LogP contribution in [0.1, 0.15) is 17.8 Å². The molecule has 0 radical (unpaired) electrons. The molecule has 4 heteroatoms. The molecule has 0 aliphatic carbocycles. The van der Waals surface area contributed by atoms with Crippen LogP contribution in [0.4, 0.5) is 0 Å². The Morgan fingerprint density at radius 1 is 1.50 bits per heavy atom. The second-order valence-corrected chi connectivity index (χ2v) is 4.85. The van der Waals surface area contributed by atoms with E-state index >= 15 is 0 Å². The number of aromatic nitrogens is 1. The van der Waals surface area contributed by atoms with E-state index in [1.807, 2.05) is 11.6 Å². The first-order chi connectivity index (χ1) is 6.85. The van der Waals surface area contributed by atoms with Crippen molar-refractivity contribution in [2.45, 2.75) is 19.3 Å². The summed E-state index contributed by atoms with van der Waals surface area (Å²) in [6, 6.07) is 0. The number of hydrogen-bond acceptors (Lipinski definition) is 4. The molecule has 0 bridgehead atoms. The molecule has 14 heavy (non-hydrogen) atoms. The van der Waals surface area contributed by atoms with Gasteiger partial charge in [0.1, 0.15) is 0 Å². The first-order valence-electron chi connectivity index (χ1n) is 4.92. The number of hydrogen-bond donors (Lipinski definition) is 1. The molecule has 1 aliphatic rings. The largest absolute Gasteiger partial charge is 0.396 e. The highest BCUT2D eigenvalue weighted by Gasteiger charge is 2.32. The van der Waals surface area contributed by atoms with Crippen LogP contribution in [0.5, 0.6) is 0 Å². The first kappa shape index (κ1) is 10.1. The highest BCUT2D eigenvalue weighted by molar-refractivity contribution is 7.09. The normalized spacial score (nSPS) is 20.9. The van der Waals surface area contributed by atoms with Gasteiger partial charge < -0.3 is 9.84 Å². The summed E-state index contributed by atoms with van der Waals surface area (Å²) in [4.78, 5) is 4.27. The lowest BCUT2D eigenvalue weighted by molar-refractivity contribution is -0.0157.